The predicted molar refractivity (Wildman–Crippen MR) is 122 cm³/mol. The molecule has 1 aliphatic heterocycles. The number of carbonyl (C=O) groups excluding carboxylic acids is 2. The number of aromatic nitrogens is 2. The number of hydrogen-bond donors (Lipinski definition) is 2. The summed E-state index contributed by atoms with van der Waals surface area (Å²) in [5.74, 6) is -1.61. The number of rotatable bonds is 7. The number of methoxy groups -OCH3 is 1. The lowest BCUT2D eigenvalue weighted by Gasteiger charge is -2.32. The minimum Gasteiger partial charge on any atom is -0.380 e. The smallest absolute Gasteiger partial charge is 0.255 e. The third-order valence-corrected chi connectivity index (χ3v) is 6.07. The first kappa shape index (κ1) is 23.6. The van der Waals surface area contributed by atoms with Crippen LogP contribution in [-0.4, -0.2) is 57.5 Å². The van der Waals surface area contributed by atoms with Crippen LogP contribution in [0.3, 0.4) is 0 Å². The lowest BCUT2D eigenvalue weighted by Crippen LogP contribution is -2.52. The monoisotopic (exact) mass is 466 g/mol. The maximum absolute atomic E-state index is 13.6. The minimum atomic E-state index is -1.69. The van der Waals surface area contributed by atoms with Crippen molar-refractivity contribution in [2.75, 3.05) is 13.7 Å². The highest BCUT2D eigenvalue weighted by molar-refractivity contribution is 5.91. The Morgan fingerprint density at radius 2 is 1.94 bits per heavy atom. The Labute approximate surface area is 197 Å². The molecule has 2 N–H and O–H groups in total. The fourth-order valence-corrected chi connectivity index (χ4v) is 4.13. The van der Waals surface area contributed by atoms with Gasteiger partial charge in [-0.3, -0.25) is 9.59 Å². The van der Waals surface area contributed by atoms with E-state index in [4.69, 9.17) is 4.74 Å². The van der Waals surface area contributed by atoms with Gasteiger partial charge in [0.05, 0.1) is 11.7 Å². The van der Waals surface area contributed by atoms with Crippen molar-refractivity contribution < 1.29 is 23.8 Å². The molecule has 3 atom stereocenters. The van der Waals surface area contributed by atoms with E-state index in [9.17, 15) is 19.1 Å². The van der Waals surface area contributed by atoms with Crippen LogP contribution in [0.15, 0.2) is 60.9 Å². The molecule has 0 fully saturated rings. The molecule has 178 valence electrons. The van der Waals surface area contributed by atoms with Gasteiger partial charge in [-0.05, 0) is 60.4 Å². The van der Waals surface area contributed by atoms with Crippen LogP contribution in [0.5, 0.6) is 0 Å². The molecule has 1 aliphatic rings. The fraction of sp³-hybridized carbons (Fsp3) is 0.320. The summed E-state index contributed by atoms with van der Waals surface area (Å²) in [5, 5.41) is 17.6. The number of aliphatic hydroxyl groups excluding tert-OH is 1. The number of carbonyl (C=O) groups is 2. The van der Waals surface area contributed by atoms with Crippen LogP contribution in [0.25, 0.3) is 5.69 Å². The molecule has 9 heteroatoms. The molecule has 0 spiro atoms. The number of hydrogen-bond acceptors (Lipinski definition) is 5. The number of fused-ring (bicyclic) bond motifs is 1. The van der Waals surface area contributed by atoms with Gasteiger partial charge in [-0.15, -0.1) is 0 Å². The second-order valence-corrected chi connectivity index (χ2v) is 8.30. The highest BCUT2D eigenvalue weighted by atomic mass is 19.1. The molecular formula is C25H27FN4O4. The number of nitrogens with one attached hydrogen (secondary N) is 1. The maximum Gasteiger partial charge on any atom is 0.255 e. The van der Waals surface area contributed by atoms with Crippen molar-refractivity contribution in [3.8, 4) is 5.69 Å². The molecule has 0 radical (unpaired) electrons. The molecule has 4 rings (SSSR count). The molecule has 3 aromatic rings. The second kappa shape index (κ2) is 10.1. The summed E-state index contributed by atoms with van der Waals surface area (Å²) in [4.78, 5) is 27.2. The molecule has 2 heterocycles. The zero-order valence-corrected chi connectivity index (χ0v) is 19.0. The number of nitrogens with zero attached hydrogens (tertiary/aromatic N) is 3. The van der Waals surface area contributed by atoms with Crippen LogP contribution in [0.2, 0.25) is 0 Å². The summed E-state index contributed by atoms with van der Waals surface area (Å²) in [7, 11) is 1.27. The van der Waals surface area contributed by atoms with Gasteiger partial charge in [-0.1, -0.05) is 18.2 Å². The summed E-state index contributed by atoms with van der Waals surface area (Å²) in [5.41, 5.74) is 3.38. The lowest BCUT2D eigenvalue weighted by molar-refractivity contribution is -0.156. The Morgan fingerprint density at radius 3 is 2.62 bits per heavy atom. The number of benzene rings is 2. The molecule has 0 aliphatic carbocycles. The third kappa shape index (κ3) is 5.00. The minimum absolute atomic E-state index is 0.167. The van der Waals surface area contributed by atoms with Gasteiger partial charge in [0.2, 0.25) is 0 Å². The van der Waals surface area contributed by atoms with Crippen LogP contribution in [0.4, 0.5) is 4.39 Å². The van der Waals surface area contributed by atoms with Gasteiger partial charge in [-0.25, -0.2) is 9.07 Å². The molecule has 0 saturated carbocycles. The van der Waals surface area contributed by atoms with E-state index in [1.54, 1.807) is 23.9 Å². The van der Waals surface area contributed by atoms with Crippen molar-refractivity contribution in [1.29, 1.82) is 0 Å². The van der Waals surface area contributed by atoms with Gasteiger partial charge in [0, 0.05) is 32.6 Å². The van der Waals surface area contributed by atoms with E-state index >= 15 is 0 Å². The zero-order chi connectivity index (χ0) is 24.2. The summed E-state index contributed by atoms with van der Waals surface area (Å²) in [6, 6.07) is 13.4. The molecule has 8 nitrogen and oxygen atoms in total. The van der Waals surface area contributed by atoms with E-state index in [-0.39, 0.29) is 18.4 Å². The molecule has 0 saturated heterocycles. The Morgan fingerprint density at radius 1 is 1.18 bits per heavy atom. The third-order valence-electron chi connectivity index (χ3n) is 6.07. The quantitative estimate of drug-likeness (QED) is 0.556. The van der Waals surface area contributed by atoms with E-state index < -0.39 is 24.0 Å². The second-order valence-electron chi connectivity index (χ2n) is 8.30. The van der Waals surface area contributed by atoms with Gasteiger partial charge in [-0.2, -0.15) is 5.10 Å². The Hall–Kier alpha value is -3.56. The van der Waals surface area contributed by atoms with Crippen molar-refractivity contribution in [3.05, 3.63) is 83.4 Å². The SMILES string of the molecule is CO[C@@H](C(=O)N[C@H](C)c1ccc(-n2cccn2)cc1)[C@@H](O)C(=O)N1CCc2ccc(F)cc2C1. The number of ether oxygens (including phenoxy) is 1. The van der Waals surface area contributed by atoms with Gasteiger partial charge in [0.1, 0.15) is 5.82 Å². The molecule has 0 unspecified atom stereocenters. The van der Waals surface area contributed by atoms with E-state index in [1.807, 2.05) is 36.5 Å². The molecule has 34 heavy (non-hydrogen) atoms. The van der Waals surface area contributed by atoms with Crippen molar-refractivity contribution in [2.24, 2.45) is 0 Å². The Kier molecular flexibility index (Phi) is 7.04. The fourth-order valence-electron chi connectivity index (χ4n) is 4.13. The van der Waals surface area contributed by atoms with Gasteiger partial charge >= 0.3 is 0 Å². The number of aliphatic hydroxyl groups is 1. The zero-order valence-electron chi connectivity index (χ0n) is 19.0. The molecule has 2 aromatic carbocycles. The molecular weight excluding hydrogens is 439 g/mol. The van der Waals surface area contributed by atoms with Crippen molar-refractivity contribution in [2.45, 2.75) is 38.1 Å². The molecule has 2 amide bonds. The van der Waals surface area contributed by atoms with E-state index in [1.165, 1.54) is 24.1 Å². The first-order valence-corrected chi connectivity index (χ1v) is 11.0. The summed E-state index contributed by atoms with van der Waals surface area (Å²) in [6.45, 7) is 2.34. The number of halogens is 1. The first-order chi connectivity index (χ1) is 16.4. The standard InChI is InChI=1S/C25H27FN4O4/c1-16(17-5-8-21(9-6-17)30-12-3-11-27-30)28-24(32)23(34-2)22(31)25(33)29-13-10-18-4-7-20(26)14-19(18)15-29/h3-9,11-12,14,16,22-23,31H,10,13,15H2,1-2H3,(H,28,32)/t16-,22-,23-/m1/s1. The summed E-state index contributed by atoms with van der Waals surface area (Å²) < 4.78 is 20.5. The van der Waals surface area contributed by atoms with Crippen LogP contribution in [0.1, 0.15) is 29.7 Å². The van der Waals surface area contributed by atoms with E-state index in [2.05, 4.69) is 10.4 Å². The lowest BCUT2D eigenvalue weighted by atomic mass is 9.98. The van der Waals surface area contributed by atoms with Crippen LogP contribution in [0, 0.1) is 5.82 Å². The first-order valence-electron chi connectivity index (χ1n) is 11.0. The van der Waals surface area contributed by atoms with Crippen molar-refractivity contribution in [1.82, 2.24) is 20.0 Å². The van der Waals surface area contributed by atoms with Gasteiger partial charge in [0.15, 0.2) is 12.2 Å². The average molecular weight is 467 g/mol. The van der Waals surface area contributed by atoms with Crippen LogP contribution >= 0.6 is 0 Å². The summed E-state index contributed by atoms with van der Waals surface area (Å²) in [6.07, 6.45) is 0.999. The van der Waals surface area contributed by atoms with E-state index in [0.717, 1.165) is 16.8 Å². The predicted octanol–water partition coefficient (Wildman–Crippen LogP) is 2.15. The largest absolute Gasteiger partial charge is 0.380 e. The topological polar surface area (TPSA) is 96.7 Å². The van der Waals surface area contributed by atoms with E-state index in [0.29, 0.717) is 18.5 Å². The number of amides is 2. The highest BCUT2D eigenvalue weighted by Crippen LogP contribution is 2.22. The molecule has 1 aromatic heterocycles. The van der Waals surface area contributed by atoms with Gasteiger partial charge < -0.3 is 20.1 Å². The average Bonchev–Trinajstić information content (AvgIpc) is 3.38. The van der Waals surface area contributed by atoms with Crippen molar-refractivity contribution >= 4 is 11.8 Å². The maximum atomic E-state index is 13.6. The molecule has 0 bridgehead atoms. The Balaban J connectivity index is 1.39. The van der Waals surface area contributed by atoms with Crippen molar-refractivity contribution in [3.63, 3.8) is 0 Å². The summed E-state index contributed by atoms with van der Waals surface area (Å²) >= 11 is 0. The van der Waals surface area contributed by atoms with Gasteiger partial charge in [0.25, 0.3) is 11.8 Å². The van der Waals surface area contributed by atoms with Crippen LogP contribution < -0.4 is 5.32 Å². The normalized spacial score (nSPS) is 15.8. The van der Waals surface area contributed by atoms with Crippen LogP contribution in [-0.2, 0) is 27.3 Å². The Bertz CT molecular complexity index is 1150. The highest BCUT2D eigenvalue weighted by Gasteiger charge is 2.36.